The second kappa shape index (κ2) is 17.0. The van der Waals surface area contributed by atoms with E-state index in [0.29, 0.717) is 11.8 Å². The lowest BCUT2D eigenvalue weighted by Crippen LogP contribution is -2.47. The van der Waals surface area contributed by atoms with Crippen molar-refractivity contribution < 1.29 is 19.1 Å². The van der Waals surface area contributed by atoms with Crippen LogP contribution in [0.2, 0.25) is 0 Å². The van der Waals surface area contributed by atoms with Crippen LogP contribution < -0.4 is 0 Å². The number of esters is 2. The second-order valence-electron chi connectivity index (χ2n) is 23.9. The van der Waals surface area contributed by atoms with Crippen LogP contribution in [0.3, 0.4) is 0 Å². The van der Waals surface area contributed by atoms with Crippen molar-refractivity contribution in [2.75, 3.05) is 0 Å². The summed E-state index contributed by atoms with van der Waals surface area (Å²) in [5, 5.41) is 0. The molecule has 0 aromatic carbocycles. The van der Waals surface area contributed by atoms with E-state index >= 15 is 0 Å². The molecule has 0 aliphatic rings. The second-order valence-corrected chi connectivity index (χ2v) is 23.9. The van der Waals surface area contributed by atoms with E-state index in [1.54, 1.807) is 0 Å². The molecular weight excluding hydrogens is 617 g/mol. The van der Waals surface area contributed by atoms with Crippen molar-refractivity contribution in [3.8, 4) is 0 Å². The lowest BCUT2D eigenvalue weighted by atomic mass is 9.61. The van der Waals surface area contributed by atoms with Gasteiger partial charge in [-0.05, 0) is 115 Å². The normalized spacial score (nSPS) is 19.5. The van der Waals surface area contributed by atoms with Gasteiger partial charge in [-0.25, -0.2) is 0 Å². The molecule has 0 saturated heterocycles. The Morgan fingerprint density at radius 1 is 0.540 bits per heavy atom. The highest BCUT2D eigenvalue weighted by molar-refractivity contribution is 5.78. The molecule has 0 spiro atoms. The Bertz CT molecular complexity index is 1060. The van der Waals surface area contributed by atoms with Crippen LogP contribution in [0.4, 0.5) is 0 Å². The molecule has 0 radical (unpaired) electrons. The van der Waals surface area contributed by atoms with Crippen LogP contribution in [0.25, 0.3) is 0 Å². The van der Waals surface area contributed by atoms with Crippen LogP contribution in [0.1, 0.15) is 205 Å². The van der Waals surface area contributed by atoms with E-state index in [9.17, 15) is 9.59 Å². The van der Waals surface area contributed by atoms with E-state index in [2.05, 4.69) is 166 Å². The molecule has 0 aromatic heterocycles. The van der Waals surface area contributed by atoms with Crippen molar-refractivity contribution in [3.05, 3.63) is 0 Å². The van der Waals surface area contributed by atoms with Gasteiger partial charge in [-0.2, -0.15) is 0 Å². The minimum absolute atomic E-state index is 0.00484. The molecule has 298 valence electrons. The topological polar surface area (TPSA) is 52.6 Å². The Balaban J connectivity index is 6.28. The molecule has 0 heterocycles. The fourth-order valence-corrected chi connectivity index (χ4v) is 7.82. The lowest BCUT2D eigenvalue weighted by Gasteiger charge is -2.45. The van der Waals surface area contributed by atoms with Crippen molar-refractivity contribution in [2.45, 2.75) is 217 Å². The van der Waals surface area contributed by atoms with Gasteiger partial charge in [0, 0.05) is 0 Å². The average molecular weight is 707 g/mol. The first-order valence-corrected chi connectivity index (χ1v) is 20.2. The minimum Gasteiger partial charge on any atom is -0.462 e. The summed E-state index contributed by atoms with van der Waals surface area (Å²) in [5.74, 6) is 1.18. The fourth-order valence-electron chi connectivity index (χ4n) is 7.82. The summed E-state index contributed by atoms with van der Waals surface area (Å²) >= 11 is 0. The molecule has 0 aliphatic carbocycles. The quantitative estimate of drug-likeness (QED) is 0.150. The Hall–Kier alpha value is -1.06. The van der Waals surface area contributed by atoms with Crippen LogP contribution >= 0.6 is 0 Å². The first-order chi connectivity index (χ1) is 21.8. The number of rotatable bonds is 16. The van der Waals surface area contributed by atoms with Gasteiger partial charge in [0.2, 0.25) is 0 Å². The van der Waals surface area contributed by atoms with Crippen molar-refractivity contribution in [2.24, 2.45) is 67.0 Å². The Kier molecular flexibility index (Phi) is 16.6. The van der Waals surface area contributed by atoms with E-state index in [1.807, 2.05) is 0 Å². The van der Waals surface area contributed by atoms with E-state index < -0.39 is 10.8 Å². The summed E-state index contributed by atoms with van der Waals surface area (Å²) in [5.41, 5.74) is -1.42. The Morgan fingerprint density at radius 2 is 0.920 bits per heavy atom. The minimum atomic E-state index is -0.588. The third kappa shape index (κ3) is 14.4. The lowest BCUT2D eigenvalue weighted by molar-refractivity contribution is -0.176. The summed E-state index contributed by atoms with van der Waals surface area (Å²) in [6.45, 7) is 53.4. The van der Waals surface area contributed by atoms with Crippen molar-refractivity contribution >= 4 is 11.9 Å². The third-order valence-corrected chi connectivity index (χ3v) is 12.8. The molecule has 7 unspecified atom stereocenters. The van der Waals surface area contributed by atoms with Gasteiger partial charge in [-0.15, -0.1) is 0 Å². The molecular formula is C46H90O4. The van der Waals surface area contributed by atoms with Gasteiger partial charge in [0.15, 0.2) is 0 Å². The molecule has 0 aromatic rings. The summed E-state index contributed by atoms with van der Waals surface area (Å²) in [4.78, 5) is 28.1. The van der Waals surface area contributed by atoms with Crippen LogP contribution in [0.15, 0.2) is 0 Å². The standard InChI is InChI=1S/C46H90O4/c1-31(2)36(50-38(48)46(24,43(18,19)20)30-40(9,10)11)32(3)25-26-44(21,22)35(27-33(4)41(12,13)14)28-34(5)49-37(47)45(23,42(15,16)17)29-39(6,7)8/h31-36H,25-30H2,1-24H3. The molecule has 50 heavy (non-hydrogen) atoms. The van der Waals surface area contributed by atoms with E-state index in [-0.39, 0.29) is 68.5 Å². The van der Waals surface area contributed by atoms with Gasteiger partial charge in [-0.1, -0.05) is 145 Å². The van der Waals surface area contributed by atoms with Gasteiger partial charge < -0.3 is 9.47 Å². The molecule has 0 aliphatic heterocycles. The SMILES string of the molecule is CC(CC(CC(C)C(C)(C)C)C(C)(C)CCC(C)C(OC(=O)C(C)(CC(C)(C)C)C(C)(C)C)C(C)C)OC(=O)C(C)(CC(C)(C)C)C(C)(C)C. The zero-order valence-corrected chi connectivity index (χ0v) is 38.3. The predicted octanol–water partition coefficient (Wildman–Crippen LogP) is 14.0. The first kappa shape index (κ1) is 48.9. The fraction of sp³-hybridized carbons (Fsp3) is 0.957. The summed E-state index contributed by atoms with van der Waals surface area (Å²) in [6.07, 6.45) is 5.11. The number of carbonyl (C=O) groups is 2. The van der Waals surface area contributed by atoms with E-state index in [0.717, 1.165) is 38.5 Å². The molecule has 4 nitrogen and oxygen atoms in total. The molecule has 7 atom stereocenters. The third-order valence-electron chi connectivity index (χ3n) is 12.8. The monoisotopic (exact) mass is 707 g/mol. The van der Waals surface area contributed by atoms with E-state index in [4.69, 9.17) is 9.47 Å². The highest BCUT2D eigenvalue weighted by atomic mass is 16.5. The van der Waals surface area contributed by atoms with Gasteiger partial charge in [0.25, 0.3) is 0 Å². The molecule has 0 amide bonds. The maximum absolute atomic E-state index is 14.1. The van der Waals surface area contributed by atoms with Crippen molar-refractivity contribution in [1.29, 1.82) is 0 Å². The van der Waals surface area contributed by atoms with Gasteiger partial charge in [-0.3, -0.25) is 9.59 Å². The zero-order chi connectivity index (χ0) is 40.3. The van der Waals surface area contributed by atoms with Gasteiger partial charge >= 0.3 is 11.9 Å². The van der Waals surface area contributed by atoms with Crippen LogP contribution in [0.5, 0.6) is 0 Å². The molecule has 0 N–H and O–H groups in total. The number of carbonyl (C=O) groups excluding carboxylic acids is 2. The van der Waals surface area contributed by atoms with Gasteiger partial charge in [0.05, 0.1) is 16.9 Å². The largest absolute Gasteiger partial charge is 0.462 e. The highest BCUT2D eigenvalue weighted by Gasteiger charge is 2.50. The van der Waals surface area contributed by atoms with Gasteiger partial charge in [0.1, 0.15) is 6.10 Å². The summed E-state index contributed by atoms with van der Waals surface area (Å²) in [7, 11) is 0. The van der Waals surface area contributed by atoms with Crippen molar-refractivity contribution in [1.82, 2.24) is 0 Å². The van der Waals surface area contributed by atoms with Crippen molar-refractivity contribution in [3.63, 3.8) is 0 Å². The number of hydrogen-bond acceptors (Lipinski definition) is 4. The summed E-state index contributed by atoms with van der Waals surface area (Å²) in [6, 6.07) is 0. The molecule has 0 fully saturated rings. The maximum atomic E-state index is 14.1. The Morgan fingerprint density at radius 3 is 1.24 bits per heavy atom. The van der Waals surface area contributed by atoms with E-state index in [1.165, 1.54) is 0 Å². The predicted molar refractivity (Wildman–Crippen MR) is 217 cm³/mol. The average Bonchev–Trinajstić information content (AvgIpc) is 2.85. The smallest absolute Gasteiger partial charge is 0.312 e. The maximum Gasteiger partial charge on any atom is 0.312 e. The number of hydrogen-bond donors (Lipinski definition) is 0. The summed E-state index contributed by atoms with van der Waals surface area (Å²) < 4.78 is 13.0. The highest BCUT2D eigenvalue weighted by Crippen LogP contribution is 2.50. The zero-order valence-electron chi connectivity index (χ0n) is 38.3. The van der Waals surface area contributed by atoms with Crippen LogP contribution in [0, 0.1) is 67.0 Å². The molecule has 4 heteroatoms. The van der Waals surface area contributed by atoms with Crippen LogP contribution in [-0.4, -0.2) is 24.1 Å². The van der Waals surface area contributed by atoms with Crippen LogP contribution in [-0.2, 0) is 19.1 Å². The number of ether oxygens (including phenoxy) is 2. The molecule has 0 bridgehead atoms. The first-order valence-electron chi connectivity index (χ1n) is 20.2. The molecule has 0 rings (SSSR count). The Labute approximate surface area is 314 Å². The molecule has 0 saturated carbocycles.